The summed E-state index contributed by atoms with van der Waals surface area (Å²) in [6.07, 6.45) is -4.69. The lowest BCUT2D eigenvalue weighted by Gasteiger charge is -2.11. The molecule has 0 saturated heterocycles. The molecule has 5 nitrogen and oxygen atoms in total. The minimum absolute atomic E-state index is 0.287. The number of sulfonamides is 1. The summed E-state index contributed by atoms with van der Waals surface area (Å²) in [5, 5.41) is 2.38. The van der Waals surface area contributed by atoms with Gasteiger partial charge in [-0.05, 0) is 48.9 Å². The van der Waals surface area contributed by atoms with Crippen molar-refractivity contribution in [3.8, 4) is 0 Å². The number of alkyl halides is 3. The maximum absolute atomic E-state index is 13.0. The number of benzene rings is 2. The molecular formula is C16H14F4N2O3S. The summed E-state index contributed by atoms with van der Waals surface area (Å²) in [5.74, 6) is -1.25. The van der Waals surface area contributed by atoms with Crippen molar-refractivity contribution in [3.63, 3.8) is 0 Å². The predicted octanol–water partition coefficient (Wildman–Crippen LogP) is 3.07. The first kappa shape index (κ1) is 19.9. The molecule has 0 aliphatic rings. The van der Waals surface area contributed by atoms with Crippen molar-refractivity contribution in [1.82, 2.24) is 4.72 Å². The van der Waals surface area contributed by atoms with Crippen molar-refractivity contribution in [2.75, 3.05) is 11.9 Å². The third-order valence-corrected chi connectivity index (χ3v) is 4.76. The van der Waals surface area contributed by atoms with Crippen molar-refractivity contribution >= 4 is 21.6 Å². The van der Waals surface area contributed by atoms with Crippen LogP contribution in [0.1, 0.15) is 11.1 Å². The average Bonchev–Trinajstić information content (AvgIpc) is 2.55. The third-order valence-electron chi connectivity index (χ3n) is 3.36. The van der Waals surface area contributed by atoms with E-state index in [1.807, 2.05) is 4.72 Å². The first-order valence-electron chi connectivity index (χ1n) is 7.22. The molecule has 0 aliphatic heterocycles. The number of hydrogen-bond acceptors (Lipinski definition) is 3. The number of aryl methyl sites for hydroxylation is 1. The van der Waals surface area contributed by atoms with Gasteiger partial charge in [-0.2, -0.15) is 13.2 Å². The molecule has 0 saturated carbocycles. The highest BCUT2D eigenvalue weighted by Crippen LogP contribution is 2.30. The first-order valence-corrected chi connectivity index (χ1v) is 8.70. The first-order chi connectivity index (χ1) is 12.0. The third kappa shape index (κ3) is 5.02. The summed E-state index contributed by atoms with van der Waals surface area (Å²) < 4.78 is 77.1. The standard InChI is InChI=1S/C16H14F4N2O3S/c1-10-7-12(17)5-6-14(10)22-15(23)9-21-26(24,25)13-4-2-3-11(8-13)16(18,19)20/h2-8,21H,9H2,1H3,(H,22,23). The molecule has 26 heavy (non-hydrogen) atoms. The Morgan fingerprint density at radius 2 is 1.81 bits per heavy atom. The fourth-order valence-electron chi connectivity index (χ4n) is 2.05. The van der Waals surface area contributed by atoms with E-state index >= 15 is 0 Å². The van der Waals surface area contributed by atoms with Crippen LogP contribution in [0.5, 0.6) is 0 Å². The van der Waals surface area contributed by atoms with Gasteiger partial charge in [0.15, 0.2) is 0 Å². The maximum atomic E-state index is 13.0. The lowest BCUT2D eigenvalue weighted by molar-refractivity contribution is -0.137. The highest BCUT2D eigenvalue weighted by atomic mass is 32.2. The largest absolute Gasteiger partial charge is 0.416 e. The van der Waals surface area contributed by atoms with E-state index in [4.69, 9.17) is 0 Å². The highest BCUT2D eigenvalue weighted by Gasteiger charge is 2.31. The van der Waals surface area contributed by atoms with Crippen LogP contribution in [-0.4, -0.2) is 20.9 Å². The fraction of sp³-hybridized carbons (Fsp3) is 0.188. The van der Waals surface area contributed by atoms with Crippen LogP contribution in [0.2, 0.25) is 0 Å². The zero-order valence-electron chi connectivity index (χ0n) is 13.4. The van der Waals surface area contributed by atoms with Gasteiger partial charge in [0.1, 0.15) is 5.82 Å². The van der Waals surface area contributed by atoms with Crippen LogP contribution in [0.3, 0.4) is 0 Å². The highest BCUT2D eigenvalue weighted by molar-refractivity contribution is 7.89. The van der Waals surface area contributed by atoms with Crippen molar-refractivity contribution in [2.45, 2.75) is 18.0 Å². The van der Waals surface area contributed by atoms with E-state index in [9.17, 15) is 30.8 Å². The minimum Gasteiger partial charge on any atom is -0.325 e. The lowest BCUT2D eigenvalue weighted by Crippen LogP contribution is -2.33. The number of halogens is 4. The molecule has 2 N–H and O–H groups in total. The summed E-state index contributed by atoms with van der Waals surface area (Å²) in [7, 11) is -4.32. The molecule has 2 rings (SSSR count). The summed E-state index contributed by atoms with van der Waals surface area (Å²) in [4.78, 5) is 11.2. The molecule has 2 aromatic rings. The quantitative estimate of drug-likeness (QED) is 0.771. The van der Waals surface area contributed by atoms with Crippen LogP contribution in [-0.2, 0) is 21.0 Å². The van der Waals surface area contributed by atoms with Gasteiger partial charge in [0.25, 0.3) is 0 Å². The molecule has 0 spiro atoms. The Labute approximate surface area is 147 Å². The Kier molecular flexibility index (Phi) is 5.67. The van der Waals surface area contributed by atoms with Crippen LogP contribution in [0, 0.1) is 12.7 Å². The van der Waals surface area contributed by atoms with Crippen LogP contribution in [0.4, 0.5) is 23.2 Å². The number of amides is 1. The number of anilines is 1. The minimum atomic E-state index is -4.69. The van der Waals surface area contributed by atoms with E-state index in [2.05, 4.69) is 5.32 Å². The smallest absolute Gasteiger partial charge is 0.325 e. The molecule has 0 fully saturated rings. The number of rotatable bonds is 5. The number of nitrogens with one attached hydrogen (secondary N) is 2. The van der Waals surface area contributed by atoms with Gasteiger partial charge in [0.05, 0.1) is 17.0 Å². The van der Waals surface area contributed by atoms with E-state index < -0.39 is 44.9 Å². The van der Waals surface area contributed by atoms with Crippen LogP contribution < -0.4 is 10.0 Å². The second-order valence-corrected chi connectivity index (χ2v) is 7.12. The molecule has 10 heteroatoms. The zero-order valence-corrected chi connectivity index (χ0v) is 14.2. The topological polar surface area (TPSA) is 75.3 Å². The molecule has 0 bridgehead atoms. The van der Waals surface area contributed by atoms with Gasteiger partial charge in [-0.1, -0.05) is 6.07 Å². The van der Waals surface area contributed by atoms with Gasteiger partial charge in [0, 0.05) is 5.69 Å². The number of carbonyl (C=O) groups excluding carboxylic acids is 1. The normalized spacial score (nSPS) is 12.0. The maximum Gasteiger partial charge on any atom is 0.416 e. The Morgan fingerprint density at radius 1 is 1.12 bits per heavy atom. The molecule has 0 unspecified atom stereocenters. The second-order valence-electron chi connectivity index (χ2n) is 5.36. The van der Waals surface area contributed by atoms with E-state index in [1.165, 1.54) is 12.1 Å². The second kappa shape index (κ2) is 7.42. The molecule has 0 radical (unpaired) electrons. The summed E-state index contributed by atoms with van der Waals surface area (Å²) in [6.45, 7) is 0.848. The molecule has 0 aliphatic carbocycles. The van der Waals surface area contributed by atoms with E-state index in [0.717, 1.165) is 24.3 Å². The summed E-state index contributed by atoms with van der Waals surface area (Å²) >= 11 is 0. The zero-order chi connectivity index (χ0) is 19.5. The van der Waals surface area contributed by atoms with Crippen LogP contribution in [0.25, 0.3) is 0 Å². The molecule has 1 amide bonds. The molecule has 0 atom stereocenters. The van der Waals surface area contributed by atoms with E-state index in [0.29, 0.717) is 11.6 Å². The molecular weight excluding hydrogens is 376 g/mol. The SMILES string of the molecule is Cc1cc(F)ccc1NC(=O)CNS(=O)(=O)c1cccc(C(F)(F)F)c1. The Morgan fingerprint density at radius 3 is 2.42 bits per heavy atom. The van der Waals surface area contributed by atoms with Gasteiger partial charge in [0.2, 0.25) is 15.9 Å². The number of hydrogen-bond donors (Lipinski definition) is 2. The van der Waals surface area contributed by atoms with Crippen LogP contribution in [0.15, 0.2) is 47.4 Å². The Hall–Kier alpha value is -2.46. The summed E-state index contributed by atoms with van der Waals surface area (Å²) in [5.41, 5.74) is -0.402. The molecule has 0 heterocycles. The van der Waals surface area contributed by atoms with Crippen LogP contribution >= 0.6 is 0 Å². The molecule has 0 aromatic heterocycles. The lowest BCUT2D eigenvalue weighted by atomic mass is 10.2. The van der Waals surface area contributed by atoms with Crippen molar-refractivity contribution in [2.24, 2.45) is 0 Å². The summed E-state index contributed by atoms with van der Waals surface area (Å²) in [6, 6.07) is 6.77. The van der Waals surface area contributed by atoms with E-state index in [-0.39, 0.29) is 5.69 Å². The van der Waals surface area contributed by atoms with Gasteiger partial charge in [-0.3, -0.25) is 4.79 Å². The monoisotopic (exact) mass is 390 g/mol. The Balaban J connectivity index is 2.07. The fourth-order valence-corrected chi connectivity index (χ4v) is 3.07. The number of carbonyl (C=O) groups is 1. The predicted molar refractivity (Wildman–Crippen MR) is 86.4 cm³/mol. The molecule has 2 aromatic carbocycles. The van der Waals surface area contributed by atoms with Gasteiger partial charge in [-0.25, -0.2) is 17.5 Å². The van der Waals surface area contributed by atoms with Crippen molar-refractivity contribution < 1.29 is 30.8 Å². The average molecular weight is 390 g/mol. The van der Waals surface area contributed by atoms with Gasteiger partial charge >= 0.3 is 6.18 Å². The van der Waals surface area contributed by atoms with Crippen molar-refractivity contribution in [1.29, 1.82) is 0 Å². The molecule has 140 valence electrons. The van der Waals surface area contributed by atoms with Crippen molar-refractivity contribution in [3.05, 3.63) is 59.4 Å². The van der Waals surface area contributed by atoms with Gasteiger partial charge < -0.3 is 5.32 Å². The Bertz CT molecular complexity index is 927. The van der Waals surface area contributed by atoms with E-state index in [1.54, 1.807) is 6.92 Å². The van der Waals surface area contributed by atoms with Gasteiger partial charge in [-0.15, -0.1) is 0 Å².